The van der Waals surface area contributed by atoms with Crippen LogP contribution < -0.4 is 10.2 Å². The predicted molar refractivity (Wildman–Crippen MR) is 110 cm³/mol. The molecule has 9 heteroatoms. The van der Waals surface area contributed by atoms with Gasteiger partial charge in [-0.15, -0.1) is 0 Å². The maximum Gasteiger partial charge on any atom is 0.416 e. The highest BCUT2D eigenvalue weighted by atomic mass is 16.6. The topological polar surface area (TPSA) is 102 Å². The maximum absolute atomic E-state index is 12.7. The Hall–Kier alpha value is -3.49. The average molecular weight is 408 g/mol. The van der Waals surface area contributed by atoms with Crippen molar-refractivity contribution in [2.75, 3.05) is 11.5 Å². The van der Waals surface area contributed by atoms with E-state index in [9.17, 15) is 9.59 Å². The SMILES string of the molecule is CC.CC1CCc2cccc(n2)C2COC(=O)N2c2ccn3ncc(c3n2)C(=O)N1. The van der Waals surface area contributed by atoms with Gasteiger partial charge in [0, 0.05) is 17.9 Å². The van der Waals surface area contributed by atoms with Gasteiger partial charge in [0.25, 0.3) is 5.91 Å². The molecule has 0 saturated carbocycles. The largest absolute Gasteiger partial charge is 0.446 e. The lowest BCUT2D eigenvalue weighted by Gasteiger charge is -2.21. The second-order valence-corrected chi connectivity index (χ2v) is 7.04. The molecule has 5 rings (SSSR count). The van der Waals surface area contributed by atoms with Crippen molar-refractivity contribution < 1.29 is 14.3 Å². The number of rotatable bonds is 0. The molecule has 30 heavy (non-hydrogen) atoms. The molecule has 2 aliphatic rings. The van der Waals surface area contributed by atoms with Crippen LogP contribution in [0.15, 0.2) is 36.7 Å². The van der Waals surface area contributed by atoms with Gasteiger partial charge in [-0.25, -0.2) is 19.2 Å². The molecule has 3 aromatic heterocycles. The minimum Gasteiger partial charge on any atom is -0.446 e. The van der Waals surface area contributed by atoms with Gasteiger partial charge in [0.2, 0.25) is 0 Å². The Morgan fingerprint density at radius 3 is 2.83 bits per heavy atom. The number of carbonyl (C=O) groups is 2. The summed E-state index contributed by atoms with van der Waals surface area (Å²) in [4.78, 5) is 35.9. The molecule has 2 atom stereocenters. The van der Waals surface area contributed by atoms with Crippen LogP contribution in [0.1, 0.15) is 55.0 Å². The number of cyclic esters (lactones) is 1. The Morgan fingerprint density at radius 2 is 2.00 bits per heavy atom. The highest BCUT2D eigenvalue weighted by molar-refractivity contribution is 6.00. The Labute approximate surface area is 174 Å². The van der Waals surface area contributed by atoms with Gasteiger partial charge in [0.1, 0.15) is 24.0 Å². The van der Waals surface area contributed by atoms with E-state index in [0.29, 0.717) is 23.4 Å². The van der Waals surface area contributed by atoms with Crippen molar-refractivity contribution >= 4 is 23.5 Å². The molecule has 1 fully saturated rings. The smallest absolute Gasteiger partial charge is 0.416 e. The number of carbonyl (C=O) groups excluding carboxylic acids is 2. The van der Waals surface area contributed by atoms with Crippen molar-refractivity contribution in [1.29, 1.82) is 0 Å². The van der Waals surface area contributed by atoms with Gasteiger partial charge in [-0.1, -0.05) is 19.9 Å². The van der Waals surface area contributed by atoms with Crippen molar-refractivity contribution in [2.24, 2.45) is 0 Å². The number of anilines is 1. The molecule has 1 saturated heterocycles. The first-order valence-corrected chi connectivity index (χ1v) is 10.2. The van der Waals surface area contributed by atoms with E-state index in [1.54, 1.807) is 12.3 Å². The number of nitrogens with zero attached hydrogens (tertiary/aromatic N) is 5. The van der Waals surface area contributed by atoms with E-state index < -0.39 is 6.09 Å². The Kier molecular flexibility index (Phi) is 5.35. The van der Waals surface area contributed by atoms with Crippen LogP contribution in [-0.4, -0.2) is 44.2 Å². The van der Waals surface area contributed by atoms with Crippen molar-refractivity contribution in [3.05, 3.63) is 53.6 Å². The van der Waals surface area contributed by atoms with E-state index in [2.05, 4.69) is 15.4 Å². The zero-order valence-electron chi connectivity index (χ0n) is 17.2. The summed E-state index contributed by atoms with van der Waals surface area (Å²) in [6.07, 6.45) is 4.13. The zero-order chi connectivity index (χ0) is 21.3. The van der Waals surface area contributed by atoms with E-state index in [-0.39, 0.29) is 24.6 Å². The van der Waals surface area contributed by atoms with E-state index in [4.69, 9.17) is 9.72 Å². The minimum atomic E-state index is -0.486. The number of fused-ring (bicyclic) bond motifs is 6. The first-order chi connectivity index (χ1) is 14.6. The number of nitrogens with one attached hydrogen (secondary N) is 1. The summed E-state index contributed by atoms with van der Waals surface area (Å²) in [6, 6.07) is 7.04. The number of hydrogen-bond acceptors (Lipinski definition) is 6. The molecule has 1 N–H and O–H groups in total. The van der Waals surface area contributed by atoms with Gasteiger partial charge in [0.05, 0.1) is 11.9 Å². The molecule has 156 valence electrons. The molecule has 2 amide bonds. The number of pyridine rings is 1. The van der Waals surface area contributed by atoms with E-state index in [1.807, 2.05) is 39.0 Å². The highest BCUT2D eigenvalue weighted by Gasteiger charge is 2.37. The van der Waals surface area contributed by atoms with Crippen molar-refractivity contribution in [1.82, 2.24) is 24.9 Å². The Bertz CT molecular complexity index is 1100. The lowest BCUT2D eigenvalue weighted by molar-refractivity contribution is 0.0939. The third-order valence-corrected chi connectivity index (χ3v) is 5.10. The van der Waals surface area contributed by atoms with Gasteiger partial charge in [-0.2, -0.15) is 5.10 Å². The van der Waals surface area contributed by atoms with E-state index in [1.165, 1.54) is 15.6 Å². The standard InChI is InChI=1S/C19H18N6O3.C2H6/c1-11-5-6-12-3-2-4-14(22-12)15-10-28-19(27)25(15)16-7-8-24-17(23-16)13(9-20-24)18(26)21-11;1-2/h2-4,7-9,11,15H,5-6,10H2,1H3,(H,21,26);1-2H3. The van der Waals surface area contributed by atoms with Gasteiger partial charge in [-0.3, -0.25) is 9.78 Å². The van der Waals surface area contributed by atoms with Crippen LogP contribution in [0.5, 0.6) is 0 Å². The first kappa shape index (κ1) is 19.8. The summed E-state index contributed by atoms with van der Waals surface area (Å²) in [6.45, 7) is 6.16. The number of aromatic nitrogens is 4. The number of ether oxygens (including phenoxy) is 1. The summed E-state index contributed by atoms with van der Waals surface area (Å²) >= 11 is 0. The van der Waals surface area contributed by atoms with Crippen LogP contribution in [-0.2, 0) is 11.2 Å². The molecule has 5 heterocycles. The highest BCUT2D eigenvalue weighted by Crippen LogP contribution is 2.31. The molecule has 2 aliphatic heterocycles. The first-order valence-electron chi connectivity index (χ1n) is 10.2. The van der Waals surface area contributed by atoms with Crippen LogP contribution in [0.25, 0.3) is 5.65 Å². The molecule has 0 aromatic carbocycles. The van der Waals surface area contributed by atoms with E-state index in [0.717, 1.165) is 17.8 Å². The number of hydrogen-bond donors (Lipinski definition) is 1. The van der Waals surface area contributed by atoms with Gasteiger partial charge >= 0.3 is 6.09 Å². The lowest BCUT2D eigenvalue weighted by Crippen LogP contribution is -2.33. The van der Waals surface area contributed by atoms with Gasteiger partial charge < -0.3 is 10.1 Å². The summed E-state index contributed by atoms with van der Waals surface area (Å²) in [5.41, 5.74) is 2.42. The van der Waals surface area contributed by atoms with Crippen LogP contribution >= 0.6 is 0 Å². The van der Waals surface area contributed by atoms with Crippen LogP contribution in [0.2, 0.25) is 0 Å². The van der Waals surface area contributed by atoms with Gasteiger partial charge in [0.15, 0.2) is 5.65 Å². The normalized spacial score (nSPS) is 20.7. The molecular weight excluding hydrogens is 384 g/mol. The Balaban J connectivity index is 0.00000106. The third-order valence-electron chi connectivity index (χ3n) is 5.10. The molecule has 0 spiro atoms. The second-order valence-electron chi connectivity index (χ2n) is 7.04. The fourth-order valence-corrected chi connectivity index (χ4v) is 3.61. The second kappa shape index (κ2) is 8.10. The Morgan fingerprint density at radius 1 is 1.17 bits per heavy atom. The summed E-state index contributed by atoms with van der Waals surface area (Å²) < 4.78 is 6.81. The number of aryl methyl sites for hydroxylation is 1. The monoisotopic (exact) mass is 408 g/mol. The van der Waals surface area contributed by atoms with Crippen molar-refractivity contribution in [3.8, 4) is 0 Å². The lowest BCUT2D eigenvalue weighted by atomic mass is 10.1. The zero-order valence-corrected chi connectivity index (χ0v) is 17.2. The van der Waals surface area contributed by atoms with Crippen molar-refractivity contribution in [3.63, 3.8) is 0 Å². The average Bonchev–Trinajstić information content (AvgIpc) is 3.36. The molecular formula is C21H24N6O3. The fraction of sp³-hybridized carbons (Fsp3) is 0.381. The number of amides is 2. The van der Waals surface area contributed by atoms with Crippen LogP contribution in [0, 0.1) is 0 Å². The van der Waals surface area contributed by atoms with E-state index >= 15 is 0 Å². The maximum atomic E-state index is 12.7. The molecule has 4 bridgehead atoms. The minimum absolute atomic E-state index is 0.0353. The quantitative estimate of drug-likeness (QED) is 0.614. The summed E-state index contributed by atoms with van der Waals surface area (Å²) in [5, 5.41) is 7.19. The van der Waals surface area contributed by atoms with Crippen LogP contribution in [0.3, 0.4) is 0 Å². The fourth-order valence-electron chi connectivity index (χ4n) is 3.61. The van der Waals surface area contributed by atoms with Crippen molar-refractivity contribution in [2.45, 2.75) is 45.7 Å². The molecule has 2 unspecified atom stereocenters. The van der Waals surface area contributed by atoms with Gasteiger partial charge in [-0.05, 0) is 38.0 Å². The molecule has 9 nitrogen and oxygen atoms in total. The summed E-state index contributed by atoms with van der Waals surface area (Å²) in [7, 11) is 0. The molecule has 0 radical (unpaired) electrons. The summed E-state index contributed by atoms with van der Waals surface area (Å²) in [5.74, 6) is 0.151. The molecule has 3 aromatic rings. The predicted octanol–water partition coefficient (Wildman–Crippen LogP) is 2.91. The third kappa shape index (κ3) is 3.47. The molecule has 0 aliphatic carbocycles. The van der Waals surface area contributed by atoms with Crippen LogP contribution in [0.4, 0.5) is 10.6 Å².